The predicted molar refractivity (Wildman–Crippen MR) is 98.2 cm³/mol. The third kappa shape index (κ3) is 3.08. The number of hydrogen-bond acceptors (Lipinski definition) is 4. The smallest absolute Gasteiger partial charge is 0.271 e. The molecule has 1 aromatic carbocycles. The number of fused-ring (bicyclic) bond motifs is 1. The summed E-state index contributed by atoms with van der Waals surface area (Å²) in [5, 5.41) is 3.10. The van der Waals surface area contributed by atoms with Crippen LogP contribution in [-0.4, -0.2) is 40.0 Å². The van der Waals surface area contributed by atoms with E-state index in [4.69, 9.17) is 4.74 Å². The number of aryl methyl sites for hydroxylation is 1. The van der Waals surface area contributed by atoms with Gasteiger partial charge in [0.2, 0.25) is 5.78 Å². The van der Waals surface area contributed by atoms with Crippen molar-refractivity contribution >= 4 is 11.7 Å². The second-order valence-electron chi connectivity index (χ2n) is 6.84. The van der Waals surface area contributed by atoms with Crippen LogP contribution in [0, 0.1) is 6.92 Å². The highest BCUT2D eigenvalue weighted by atomic mass is 16.5. The first kappa shape index (κ1) is 16.7. The number of imidazole rings is 1. The van der Waals surface area contributed by atoms with Crippen LogP contribution in [0.5, 0.6) is 0 Å². The fourth-order valence-corrected chi connectivity index (χ4v) is 3.75. The highest BCUT2D eigenvalue weighted by Crippen LogP contribution is 2.36. The lowest BCUT2D eigenvalue weighted by Gasteiger charge is -2.38. The Labute approximate surface area is 152 Å². The lowest BCUT2D eigenvalue weighted by molar-refractivity contribution is 0.0485. The molecule has 1 N–H and O–H groups in total. The highest BCUT2D eigenvalue weighted by molar-refractivity contribution is 5.92. The number of benzene rings is 1. The first-order valence-electron chi connectivity index (χ1n) is 8.90. The molecule has 6 nitrogen and oxygen atoms in total. The van der Waals surface area contributed by atoms with Gasteiger partial charge in [-0.3, -0.25) is 9.20 Å². The third-order valence-corrected chi connectivity index (χ3v) is 5.22. The van der Waals surface area contributed by atoms with Gasteiger partial charge in [0.1, 0.15) is 5.69 Å². The van der Waals surface area contributed by atoms with Crippen LogP contribution >= 0.6 is 0 Å². The van der Waals surface area contributed by atoms with Crippen LogP contribution in [0.2, 0.25) is 0 Å². The Balaban J connectivity index is 1.56. The normalized spacial score (nSPS) is 16.5. The predicted octanol–water partition coefficient (Wildman–Crippen LogP) is 2.52. The summed E-state index contributed by atoms with van der Waals surface area (Å²) < 4.78 is 7.33. The largest absolute Gasteiger partial charge is 0.381 e. The number of aromatic nitrogens is 3. The van der Waals surface area contributed by atoms with Gasteiger partial charge in [-0.05, 0) is 37.0 Å². The van der Waals surface area contributed by atoms with Crippen LogP contribution in [0.25, 0.3) is 5.78 Å². The van der Waals surface area contributed by atoms with Crippen molar-refractivity contribution in [3.8, 4) is 0 Å². The van der Waals surface area contributed by atoms with E-state index in [1.165, 1.54) is 11.1 Å². The molecule has 0 spiro atoms. The van der Waals surface area contributed by atoms with Gasteiger partial charge in [-0.15, -0.1) is 0 Å². The topological polar surface area (TPSA) is 68.5 Å². The van der Waals surface area contributed by atoms with Crippen LogP contribution in [0.15, 0.2) is 48.9 Å². The Kier molecular flexibility index (Phi) is 4.42. The monoisotopic (exact) mass is 350 g/mol. The lowest BCUT2D eigenvalue weighted by atomic mass is 9.72. The Bertz CT molecular complexity index is 895. The van der Waals surface area contributed by atoms with Crippen molar-refractivity contribution < 1.29 is 9.53 Å². The molecule has 1 aliphatic heterocycles. The molecular weight excluding hydrogens is 328 g/mol. The van der Waals surface area contributed by atoms with Crippen molar-refractivity contribution in [2.45, 2.75) is 25.2 Å². The molecule has 134 valence electrons. The molecule has 1 saturated heterocycles. The minimum absolute atomic E-state index is 0.101. The fourth-order valence-electron chi connectivity index (χ4n) is 3.75. The first-order valence-corrected chi connectivity index (χ1v) is 8.90. The summed E-state index contributed by atoms with van der Waals surface area (Å²) in [6.45, 7) is 4.12. The third-order valence-electron chi connectivity index (χ3n) is 5.22. The quantitative estimate of drug-likeness (QED) is 0.785. The van der Waals surface area contributed by atoms with Crippen LogP contribution < -0.4 is 5.32 Å². The average molecular weight is 350 g/mol. The molecule has 1 amide bonds. The molecule has 0 saturated carbocycles. The van der Waals surface area contributed by atoms with Crippen molar-refractivity contribution in [3.05, 3.63) is 65.7 Å². The van der Waals surface area contributed by atoms with Gasteiger partial charge >= 0.3 is 0 Å². The number of nitrogens with zero attached hydrogens (tertiary/aromatic N) is 3. The second kappa shape index (κ2) is 6.88. The molecule has 2 aromatic heterocycles. The zero-order valence-electron chi connectivity index (χ0n) is 14.8. The Hall–Kier alpha value is -2.73. The number of carbonyl (C=O) groups is 1. The number of carbonyl (C=O) groups excluding carboxylic acids is 1. The summed E-state index contributed by atoms with van der Waals surface area (Å²) in [6, 6.07) is 10.2. The molecule has 6 heteroatoms. The van der Waals surface area contributed by atoms with Gasteiger partial charge < -0.3 is 10.1 Å². The van der Waals surface area contributed by atoms with E-state index in [0.29, 0.717) is 31.2 Å². The summed E-state index contributed by atoms with van der Waals surface area (Å²) in [6.07, 6.45) is 7.00. The minimum atomic E-state index is -0.171. The number of nitrogens with one attached hydrogen (secondary N) is 1. The minimum Gasteiger partial charge on any atom is -0.381 e. The Morgan fingerprint density at radius 3 is 2.85 bits per heavy atom. The Morgan fingerprint density at radius 2 is 2.08 bits per heavy atom. The summed E-state index contributed by atoms with van der Waals surface area (Å²) in [7, 11) is 0. The molecule has 4 rings (SSSR count). The molecule has 3 heterocycles. The maximum atomic E-state index is 12.7. The molecule has 3 aromatic rings. The van der Waals surface area contributed by atoms with Crippen molar-refractivity contribution in [2.24, 2.45) is 0 Å². The van der Waals surface area contributed by atoms with Gasteiger partial charge in [-0.1, -0.05) is 24.3 Å². The van der Waals surface area contributed by atoms with Gasteiger partial charge in [-0.2, -0.15) is 0 Å². The number of ether oxygens (including phenoxy) is 1. The molecule has 0 bridgehead atoms. The standard InChI is InChI=1S/C20H22N4O2/c1-15-5-2-3-6-16(15)20(7-11-26-12-8-20)14-22-18(25)17-13-24-10-4-9-21-19(24)23-17/h2-6,9-10,13H,7-8,11-12,14H2,1H3,(H,22,25). The van der Waals surface area contributed by atoms with E-state index in [9.17, 15) is 4.79 Å². The van der Waals surface area contributed by atoms with E-state index in [2.05, 4.69) is 40.4 Å². The van der Waals surface area contributed by atoms with Gasteiger partial charge in [0.05, 0.1) is 0 Å². The van der Waals surface area contributed by atoms with Gasteiger partial charge in [0.25, 0.3) is 5.91 Å². The van der Waals surface area contributed by atoms with Gasteiger partial charge in [-0.25, -0.2) is 9.97 Å². The maximum Gasteiger partial charge on any atom is 0.271 e. The molecule has 0 unspecified atom stereocenters. The molecular formula is C20H22N4O2. The van der Waals surface area contributed by atoms with Gasteiger partial charge in [0, 0.05) is 43.8 Å². The number of hydrogen-bond donors (Lipinski definition) is 1. The zero-order valence-corrected chi connectivity index (χ0v) is 14.8. The van der Waals surface area contributed by atoms with Crippen molar-refractivity contribution in [1.29, 1.82) is 0 Å². The lowest BCUT2D eigenvalue weighted by Crippen LogP contribution is -2.45. The van der Waals surface area contributed by atoms with Crippen LogP contribution in [0.4, 0.5) is 0 Å². The summed E-state index contributed by atoms with van der Waals surface area (Å²) in [4.78, 5) is 21.1. The molecule has 26 heavy (non-hydrogen) atoms. The molecule has 0 atom stereocenters. The van der Waals surface area contributed by atoms with Crippen molar-refractivity contribution in [2.75, 3.05) is 19.8 Å². The van der Waals surface area contributed by atoms with Crippen LogP contribution in [0.3, 0.4) is 0 Å². The van der Waals surface area contributed by atoms with E-state index in [1.54, 1.807) is 16.8 Å². The first-order chi connectivity index (χ1) is 12.7. The number of amides is 1. The second-order valence-corrected chi connectivity index (χ2v) is 6.84. The van der Waals surface area contributed by atoms with Crippen LogP contribution in [0.1, 0.15) is 34.5 Å². The summed E-state index contributed by atoms with van der Waals surface area (Å²) >= 11 is 0. The zero-order chi connectivity index (χ0) is 18.0. The van der Waals surface area contributed by atoms with E-state index in [0.717, 1.165) is 12.8 Å². The molecule has 1 fully saturated rings. The maximum absolute atomic E-state index is 12.7. The SMILES string of the molecule is Cc1ccccc1C1(CNC(=O)c2cn3cccnc3n2)CCOCC1. The molecule has 0 aliphatic carbocycles. The van der Waals surface area contributed by atoms with E-state index < -0.39 is 0 Å². The van der Waals surface area contributed by atoms with E-state index in [1.807, 2.05) is 18.3 Å². The summed E-state index contributed by atoms with van der Waals surface area (Å²) in [5.74, 6) is 0.354. The highest BCUT2D eigenvalue weighted by Gasteiger charge is 2.36. The molecule has 0 radical (unpaired) electrons. The van der Waals surface area contributed by atoms with Gasteiger partial charge in [0.15, 0.2) is 0 Å². The van der Waals surface area contributed by atoms with Crippen molar-refractivity contribution in [1.82, 2.24) is 19.7 Å². The number of rotatable bonds is 4. The van der Waals surface area contributed by atoms with E-state index >= 15 is 0 Å². The van der Waals surface area contributed by atoms with E-state index in [-0.39, 0.29) is 11.3 Å². The Morgan fingerprint density at radius 1 is 1.27 bits per heavy atom. The van der Waals surface area contributed by atoms with Crippen LogP contribution in [-0.2, 0) is 10.2 Å². The average Bonchev–Trinajstić information content (AvgIpc) is 3.11. The summed E-state index contributed by atoms with van der Waals surface area (Å²) in [5.41, 5.74) is 2.83. The fraction of sp³-hybridized carbons (Fsp3) is 0.350. The molecule has 1 aliphatic rings. The van der Waals surface area contributed by atoms with Crippen molar-refractivity contribution in [3.63, 3.8) is 0 Å².